The number of hydrogen-bond acceptors (Lipinski definition) is 6. The molecule has 0 radical (unpaired) electrons. The maximum Gasteiger partial charge on any atom is 0.245 e. The van der Waals surface area contributed by atoms with Crippen LogP contribution in [0, 0.1) is 6.92 Å². The largest absolute Gasteiger partial charge is 0.487 e. The Morgan fingerprint density at radius 2 is 1.91 bits per heavy atom. The summed E-state index contributed by atoms with van der Waals surface area (Å²) in [7, 11) is -4.13. The van der Waals surface area contributed by atoms with Crippen molar-refractivity contribution in [2.75, 3.05) is 6.54 Å². The Labute approximate surface area is 265 Å². The number of carbonyl (C=O) groups excluding carboxylic acids is 1. The summed E-state index contributed by atoms with van der Waals surface area (Å²) in [6.45, 7) is 2.31. The fourth-order valence-electron chi connectivity index (χ4n) is 5.44. The van der Waals surface area contributed by atoms with Gasteiger partial charge in [-0.25, -0.2) is 18.4 Å². The summed E-state index contributed by atoms with van der Waals surface area (Å²) in [5, 5.41) is 3.94. The van der Waals surface area contributed by atoms with Gasteiger partial charge < -0.3 is 14.6 Å². The third kappa shape index (κ3) is 5.90. The van der Waals surface area contributed by atoms with E-state index in [2.05, 4.69) is 10.3 Å². The number of hydrogen-bond donors (Lipinski definition) is 1. The van der Waals surface area contributed by atoms with E-state index >= 15 is 0 Å². The smallest absolute Gasteiger partial charge is 0.245 e. The van der Waals surface area contributed by atoms with Crippen LogP contribution in [-0.4, -0.2) is 45.8 Å². The molecule has 0 saturated carbocycles. The van der Waals surface area contributed by atoms with Crippen LogP contribution >= 0.6 is 23.2 Å². The lowest BCUT2D eigenvalue weighted by Crippen LogP contribution is -2.45. The van der Waals surface area contributed by atoms with Crippen molar-refractivity contribution in [1.82, 2.24) is 24.2 Å². The summed E-state index contributed by atoms with van der Waals surface area (Å²) in [6.07, 6.45) is 6.23. The van der Waals surface area contributed by atoms with E-state index in [9.17, 15) is 13.2 Å². The average Bonchev–Trinajstić information content (AvgIpc) is 3.74. The van der Waals surface area contributed by atoms with Crippen molar-refractivity contribution in [3.05, 3.63) is 112 Å². The number of fused-ring (bicyclic) bond motifs is 1. The van der Waals surface area contributed by atoms with E-state index in [1.54, 1.807) is 18.6 Å². The van der Waals surface area contributed by atoms with E-state index in [1.165, 1.54) is 16.4 Å². The zero-order valence-electron chi connectivity index (χ0n) is 23.8. The molecule has 3 heterocycles. The molecule has 5 aromatic rings. The SMILES string of the molecule is Cc1cc(-n2ccnc2)c2cccc(OCc3c(Cl)ccc(S(=O)(=O)N4CCC[C@H]4C(=O)NCc4ccccc4)c3Cl)c2n1. The van der Waals surface area contributed by atoms with Crippen molar-refractivity contribution in [3.8, 4) is 11.4 Å². The van der Waals surface area contributed by atoms with Crippen LogP contribution < -0.4 is 10.1 Å². The minimum Gasteiger partial charge on any atom is -0.487 e. The van der Waals surface area contributed by atoms with Crippen LogP contribution in [0.1, 0.15) is 29.7 Å². The summed E-state index contributed by atoms with van der Waals surface area (Å²) in [5.74, 6) is 0.139. The molecule has 1 aliphatic rings. The molecule has 0 aliphatic carbocycles. The Bertz CT molecular complexity index is 1940. The second kappa shape index (κ2) is 12.6. The number of ether oxygens (including phenoxy) is 1. The molecule has 1 amide bonds. The molecule has 2 aromatic heterocycles. The molecule has 1 N–H and O–H groups in total. The van der Waals surface area contributed by atoms with E-state index in [0.29, 0.717) is 36.2 Å². The van der Waals surface area contributed by atoms with Crippen molar-refractivity contribution < 1.29 is 17.9 Å². The second-order valence-corrected chi connectivity index (χ2v) is 13.2. The summed E-state index contributed by atoms with van der Waals surface area (Å²) >= 11 is 13.3. The Balaban J connectivity index is 1.25. The van der Waals surface area contributed by atoms with Gasteiger partial charge in [0.05, 0.1) is 17.0 Å². The maximum absolute atomic E-state index is 13.9. The first kappa shape index (κ1) is 30.1. The minimum absolute atomic E-state index is 0.0451. The number of halogens is 2. The van der Waals surface area contributed by atoms with Crippen molar-refractivity contribution >= 4 is 50.0 Å². The van der Waals surface area contributed by atoms with Crippen LogP contribution in [0.2, 0.25) is 10.0 Å². The first-order valence-corrected chi connectivity index (χ1v) is 16.3. The van der Waals surface area contributed by atoms with Crippen molar-refractivity contribution in [2.24, 2.45) is 0 Å². The van der Waals surface area contributed by atoms with Crippen LogP contribution in [0.5, 0.6) is 5.75 Å². The highest BCUT2D eigenvalue weighted by Crippen LogP contribution is 2.37. The zero-order chi connectivity index (χ0) is 30.8. The molecule has 6 rings (SSSR count). The highest BCUT2D eigenvalue weighted by molar-refractivity contribution is 7.89. The normalized spacial score (nSPS) is 15.5. The van der Waals surface area contributed by atoms with Crippen LogP contribution in [0.15, 0.2) is 90.3 Å². The predicted octanol–water partition coefficient (Wildman–Crippen LogP) is 6.08. The van der Waals surface area contributed by atoms with Gasteiger partial charge in [0.25, 0.3) is 0 Å². The monoisotopic (exact) mass is 649 g/mol. The van der Waals surface area contributed by atoms with Crippen LogP contribution in [0.25, 0.3) is 16.6 Å². The number of pyridine rings is 1. The number of sulfonamides is 1. The Morgan fingerprint density at radius 3 is 2.68 bits per heavy atom. The minimum atomic E-state index is -4.13. The first-order valence-electron chi connectivity index (χ1n) is 14.1. The fourth-order valence-corrected chi connectivity index (χ4v) is 7.96. The topological polar surface area (TPSA) is 106 Å². The highest BCUT2D eigenvalue weighted by Gasteiger charge is 2.40. The Hall–Kier alpha value is -3.96. The second-order valence-electron chi connectivity index (χ2n) is 10.5. The molecule has 9 nitrogen and oxygen atoms in total. The maximum atomic E-state index is 13.9. The van der Waals surface area contributed by atoms with Gasteiger partial charge in [0, 0.05) is 47.1 Å². The standard InChI is InChI=1S/C32H29Cl2N5O4S/c1-21-17-27(38-16-14-35-20-38)23-9-5-11-28(31(23)37-21)43-19-24-25(33)12-13-29(30(24)34)44(41,42)39-15-6-10-26(39)32(40)36-18-22-7-3-2-4-8-22/h2-5,7-9,11-14,16-17,20,26H,6,10,15,18-19H2,1H3,(H,36,40)/t26-/m0/s1. The van der Waals surface area contributed by atoms with Crippen molar-refractivity contribution in [3.63, 3.8) is 0 Å². The van der Waals surface area contributed by atoms with E-state index in [-0.39, 0.29) is 34.0 Å². The number of aromatic nitrogens is 3. The first-order chi connectivity index (χ1) is 21.2. The van der Waals surface area contributed by atoms with Gasteiger partial charge in [-0.3, -0.25) is 4.79 Å². The number of benzene rings is 3. The zero-order valence-corrected chi connectivity index (χ0v) is 26.1. The molecule has 1 saturated heterocycles. The number of para-hydroxylation sites is 1. The molecule has 1 aliphatic heterocycles. The van der Waals surface area contributed by atoms with Gasteiger partial charge in [-0.1, -0.05) is 65.7 Å². The lowest BCUT2D eigenvalue weighted by Gasteiger charge is -2.24. The molecule has 44 heavy (non-hydrogen) atoms. The lowest BCUT2D eigenvalue weighted by molar-refractivity contribution is -0.124. The van der Waals surface area contributed by atoms with E-state index in [4.69, 9.17) is 32.9 Å². The third-order valence-corrected chi connectivity index (χ3v) is 10.5. The molecule has 0 unspecified atom stereocenters. The quantitative estimate of drug-likeness (QED) is 0.207. The predicted molar refractivity (Wildman–Crippen MR) is 170 cm³/mol. The average molecular weight is 651 g/mol. The van der Waals surface area contributed by atoms with Crippen molar-refractivity contribution in [1.29, 1.82) is 0 Å². The van der Waals surface area contributed by atoms with Crippen LogP contribution in [0.4, 0.5) is 0 Å². The van der Waals surface area contributed by atoms with Gasteiger partial charge >= 0.3 is 0 Å². The molecule has 1 fully saturated rings. The molecule has 0 spiro atoms. The van der Waals surface area contributed by atoms with Gasteiger partial charge in [-0.15, -0.1) is 0 Å². The summed E-state index contributed by atoms with van der Waals surface area (Å²) in [6, 6.07) is 19.0. The van der Waals surface area contributed by atoms with Gasteiger partial charge in [0.2, 0.25) is 15.9 Å². The molecular formula is C32H29Cl2N5O4S. The van der Waals surface area contributed by atoms with Crippen molar-refractivity contribution in [2.45, 2.75) is 43.9 Å². The molecular weight excluding hydrogens is 621 g/mol. The molecule has 1 atom stereocenters. The Kier molecular flexibility index (Phi) is 8.59. The summed E-state index contributed by atoms with van der Waals surface area (Å²) < 4.78 is 37.1. The van der Waals surface area contributed by atoms with Crippen LogP contribution in [-0.2, 0) is 28.0 Å². The third-order valence-electron chi connectivity index (χ3n) is 7.62. The number of nitrogens with one attached hydrogen (secondary N) is 1. The van der Waals surface area contributed by atoms with Gasteiger partial charge in [-0.05, 0) is 49.6 Å². The van der Waals surface area contributed by atoms with Gasteiger partial charge in [-0.2, -0.15) is 4.31 Å². The van der Waals surface area contributed by atoms with Gasteiger partial charge in [0.1, 0.15) is 28.8 Å². The van der Waals surface area contributed by atoms with Crippen LogP contribution in [0.3, 0.4) is 0 Å². The number of aryl methyl sites for hydroxylation is 1. The summed E-state index contributed by atoms with van der Waals surface area (Å²) in [4.78, 5) is 21.8. The number of nitrogens with zero attached hydrogens (tertiary/aromatic N) is 4. The van der Waals surface area contributed by atoms with Gasteiger partial charge in [0.15, 0.2) is 0 Å². The highest BCUT2D eigenvalue weighted by atomic mass is 35.5. The number of imidazole rings is 1. The number of carbonyl (C=O) groups is 1. The van der Waals surface area contributed by atoms with E-state index < -0.39 is 16.1 Å². The fraction of sp³-hybridized carbons (Fsp3) is 0.219. The summed E-state index contributed by atoms with van der Waals surface area (Å²) in [5.41, 5.74) is 3.56. The molecule has 3 aromatic carbocycles. The number of rotatable bonds is 9. The Morgan fingerprint density at radius 1 is 1.09 bits per heavy atom. The lowest BCUT2D eigenvalue weighted by atomic mass is 10.1. The van der Waals surface area contributed by atoms with E-state index in [1.807, 2.05) is 66.2 Å². The number of amides is 1. The molecule has 226 valence electrons. The molecule has 12 heteroatoms. The molecule has 0 bridgehead atoms. The van der Waals surface area contributed by atoms with E-state index in [0.717, 1.165) is 22.3 Å².